The Bertz CT molecular complexity index is 449. The van der Waals surface area contributed by atoms with Crippen molar-refractivity contribution >= 4 is 29.9 Å². The van der Waals surface area contributed by atoms with Crippen LogP contribution in [0.4, 0.5) is 4.39 Å². The molecule has 0 unspecified atom stereocenters. The number of nitrogens with zero attached hydrogens (tertiary/aromatic N) is 1. The van der Waals surface area contributed by atoms with E-state index >= 15 is 0 Å². The Morgan fingerprint density at radius 2 is 1.95 bits per heavy atom. The van der Waals surface area contributed by atoms with Gasteiger partial charge in [-0.05, 0) is 55.9 Å². The van der Waals surface area contributed by atoms with Crippen molar-refractivity contribution < 1.29 is 9.13 Å². The summed E-state index contributed by atoms with van der Waals surface area (Å²) in [6.07, 6.45) is 4.63. The summed E-state index contributed by atoms with van der Waals surface area (Å²) in [5.41, 5.74) is 0. The first kappa shape index (κ1) is 19.0. The predicted octanol–water partition coefficient (Wildman–Crippen LogP) is 3.18. The second-order valence-electron chi connectivity index (χ2n) is 5.33. The molecule has 0 bridgehead atoms. The minimum atomic E-state index is -0.239. The van der Waals surface area contributed by atoms with Crippen molar-refractivity contribution in [1.82, 2.24) is 10.6 Å². The lowest BCUT2D eigenvalue weighted by molar-refractivity contribution is 0.306. The van der Waals surface area contributed by atoms with Crippen molar-refractivity contribution in [2.75, 3.05) is 26.7 Å². The summed E-state index contributed by atoms with van der Waals surface area (Å²) in [4.78, 5) is 4.19. The quantitative estimate of drug-likeness (QED) is 0.293. The molecule has 0 amide bonds. The van der Waals surface area contributed by atoms with Crippen molar-refractivity contribution in [1.29, 1.82) is 0 Å². The van der Waals surface area contributed by atoms with Crippen LogP contribution in [0.3, 0.4) is 0 Å². The first-order valence-electron chi connectivity index (χ1n) is 7.61. The van der Waals surface area contributed by atoms with Gasteiger partial charge in [0.05, 0.1) is 6.61 Å². The van der Waals surface area contributed by atoms with E-state index in [9.17, 15) is 4.39 Å². The summed E-state index contributed by atoms with van der Waals surface area (Å²) in [5, 5.41) is 6.62. The zero-order valence-electron chi connectivity index (χ0n) is 13.0. The molecule has 1 fully saturated rings. The molecule has 1 aliphatic carbocycles. The van der Waals surface area contributed by atoms with E-state index in [1.807, 2.05) is 0 Å². The zero-order valence-corrected chi connectivity index (χ0v) is 15.3. The van der Waals surface area contributed by atoms with Gasteiger partial charge in [0, 0.05) is 20.1 Å². The highest BCUT2D eigenvalue weighted by molar-refractivity contribution is 14.0. The maximum absolute atomic E-state index is 12.7. The fraction of sp³-hybridized carbons (Fsp3) is 0.562. The topological polar surface area (TPSA) is 45.7 Å². The normalized spacial score (nSPS) is 14.2. The van der Waals surface area contributed by atoms with Crippen LogP contribution in [0.1, 0.15) is 25.7 Å². The number of aliphatic imine (C=N–C) groups is 1. The predicted molar refractivity (Wildman–Crippen MR) is 98.6 cm³/mol. The Labute approximate surface area is 148 Å². The molecule has 124 valence electrons. The number of unbranched alkanes of at least 4 members (excludes halogenated alkanes) is 1. The maximum Gasteiger partial charge on any atom is 0.190 e. The lowest BCUT2D eigenvalue weighted by atomic mass is 10.3. The van der Waals surface area contributed by atoms with Crippen molar-refractivity contribution in [3.8, 4) is 5.75 Å². The van der Waals surface area contributed by atoms with E-state index in [0.29, 0.717) is 12.4 Å². The fourth-order valence-corrected chi connectivity index (χ4v) is 1.94. The number of hydrogen-bond acceptors (Lipinski definition) is 2. The van der Waals surface area contributed by atoms with Crippen LogP contribution in [0, 0.1) is 11.7 Å². The molecule has 1 aromatic rings. The van der Waals surface area contributed by atoms with Gasteiger partial charge in [-0.3, -0.25) is 4.99 Å². The number of benzene rings is 1. The van der Waals surface area contributed by atoms with E-state index < -0.39 is 0 Å². The molecule has 0 aromatic heterocycles. The van der Waals surface area contributed by atoms with Crippen LogP contribution in [0.5, 0.6) is 5.75 Å². The molecular formula is C16H25FIN3O. The van der Waals surface area contributed by atoms with E-state index in [0.717, 1.165) is 37.8 Å². The largest absolute Gasteiger partial charge is 0.494 e. The average Bonchev–Trinajstić information content (AvgIpc) is 3.32. The Hall–Kier alpha value is -1.05. The Kier molecular flexibility index (Phi) is 9.19. The molecular weight excluding hydrogens is 396 g/mol. The highest BCUT2D eigenvalue weighted by Crippen LogP contribution is 2.27. The van der Waals surface area contributed by atoms with Gasteiger partial charge < -0.3 is 15.4 Å². The van der Waals surface area contributed by atoms with Crippen LogP contribution in [0.15, 0.2) is 29.3 Å². The smallest absolute Gasteiger partial charge is 0.190 e. The van der Waals surface area contributed by atoms with E-state index in [4.69, 9.17) is 4.74 Å². The Balaban J connectivity index is 0.00000242. The van der Waals surface area contributed by atoms with E-state index in [1.54, 1.807) is 19.2 Å². The van der Waals surface area contributed by atoms with E-state index in [2.05, 4.69) is 15.6 Å². The number of guanidine groups is 1. The van der Waals surface area contributed by atoms with Crippen LogP contribution in [0.25, 0.3) is 0 Å². The minimum absolute atomic E-state index is 0. The molecule has 0 aliphatic heterocycles. The molecule has 0 radical (unpaired) electrons. The molecule has 22 heavy (non-hydrogen) atoms. The molecule has 1 saturated carbocycles. The van der Waals surface area contributed by atoms with Gasteiger partial charge in [-0.15, -0.1) is 24.0 Å². The molecule has 2 N–H and O–H groups in total. The molecule has 1 aliphatic rings. The molecule has 0 spiro atoms. The van der Waals surface area contributed by atoms with Crippen LogP contribution in [-0.2, 0) is 0 Å². The summed E-state index contributed by atoms with van der Waals surface area (Å²) in [5.74, 6) is 2.19. The highest BCUT2D eigenvalue weighted by atomic mass is 127. The number of hydrogen-bond donors (Lipinski definition) is 2. The van der Waals surface area contributed by atoms with E-state index in [1.165, 1.54) is 25.0 Å². The number of nitrogens with one attached hydrogen (secondary N) is 2. The molecule has 0 saturated heterocycles. The van der Waals surface area contributed by atoms with E-state index in [-0.39, 0.29) is 29.8 Å². The summed E-state index contributed by atoms with van der Waals surface area (Å²) < 4.78 is 18.3. The first-order chi connectivity index (χ1) is 10.3. The summed E-state index contributed by atoms with van der Waals surface area (Å²) in [6, 6.07) is 6.12. The first-order valence-corrected chi connectivity index (χ1v) is 7.61. The van der Waals surface area contributed by atoms with Gasteiger partial charge in [0.25, 0.3) is 0 Å². The number of rotatable bonds is 8. The molecule has 2 rings (SSSR count). The van der Waals surface area contributed by atoms with Gasteiger partial charge in [0.1, 0.15) is 11.6 Å². The van der Waals surface area contributed by atoms with Crippen molar-refractivity contribution in [3.05, 3.63) is 30.1 Å². The van der Waals surface area contributed by atoms with Gasteiger partial charge in [-0.1, -0.05) is 0 Å². The number of ether oxygens (including phenoxy) is 1. The van der Waals surface area contributed by atoms with Gasteiger partial charge in [-0.25, -0.2) is 4.39 Å². The van der Waals surface area contributed by atoms with Crippen LogP contribution in [0.2, 0.25) is 0 Å². The van der Waals surface area contributed by atoms with Gasteiger partial charge >= 0.3 is 0 Å². The van der Waals surface area contributed by atoms with Crippen molar-refractivity contribution in [2.45, 2.75) is 25.7 Å². The average molecular weight is 421 g/mol. The molecule has 1 aromatic carbocycles. The SMILES string of the molecule is CN=C(NCCCCOc1ccc(F)cc1)NCC1CC1.I. The Morgan fingerprint density at radius 3 is 2.59 bits per heavy atom. The van der Waals surface area contributed by atoms with Gasteiger partial charge in [-0.2, -0.15) is 0 Å². The zero-order chi connectivity index (χ0) is 14.9. The second kappa shape index (κ2) is 10.6. The third-order valence-electron chi connectivity index (χ3n) is 3.42. The molecule has 0 atom stereocenters. The van der Waals surface area contributed by atoms with Crippen molar-refractivity contribution in [2.24, 2.45) is 10.9 Å². The number of halogens is 2. The molecule has 6 heteroatoms. The standard InChI is InChI=1S/C16H24FN3O.HI/c1-18-16(20-12-13-4-5-13)19-10-2-3-11-21-15-8-6-14(17)7-9-15;/h6-9,13H,2-5,10-12H2,1H3,(H2,18,19,20);1H. The summed E-state index contributed by atoms with van der Waals surface area (Å²) >= 11 is 0. The lowest BCUT2D eigenvalue weighted by Gasteiger charge is -2.11. The van der Waals surface area contributed by atoms with Crippen LogP contribution >= 0.6 is 24.0 Å². The fourth-order valence-electron chi connectivity index (χ4n) is 1.94. The minimum Gasteiger partial charge on any atom is -0.494 e. The monoisotopic (exact) mass is 421 g/mol. The molecule has 4 nitrogen and oxygen atoms in total. The summed E-state index contributed by atoms with van der Waals surface area (Å²) in [6.45, 7) is 2.53. The lowest BCUT2D eigenvalue weighted by Crippen LogP contribution is -2.38. The summed E-state index contributed by atoms with van der Waals surface area (Å²) in [7, 11) is 1.79. The van der Waals surface area contributed by atoms with Gasteiger partial charge in [0.15, 0.2) is 5.96 Å². The van der Waals surface area contributed by atoms with Crippen LogP contribution < -0.4 is 15.4 Å². The molecule has 0 heterocycles. The highest BCUT2D eigenvalue weighted by Gasteiger charge is 2.20. The Morgan fingerprint density at radius 1 is 1.23 bits per heavy atom. The second-order valence-corrected chi connectivity index (χ2v) is 5.33. The maximum atomic E-state index is 12.7. The van der Waals surface area contributed by atoms with Crippen LogP contribution in [-0.4, -0.2) is 32.7 Å². The third kappa shape index (κ3) is 7.82. The van der Waals surface area contributed by atoms with Gasteiger partial charge in [0.2, 0.25) is 0 Å². The van der Waals surface area contributed by atoms with Crippen molar-refractivity contribution in [3.63, 3.8) is 0 Å². The third-order valence-corrected chi connectivity index (χ3v) is 3.42.